The minimum atomic E-state index is -1.33. The fourth-order valence-corrected chi connectivity index (χ4v) is 6.58. The van der Waals surface area contributed by atoms with Crippen LogP contribution >= 0.6 is 15.9 Å². The number of aromatic nitrogens is 2. The second-order valence-corrected chi connectivity index (χ2v) is 15.2. The Morgan fingerprint density at radius 1 is 0.727 bits per heavy atom. The maximum atomic E-state index is 14.5. The summed E-state index contributed by atoms with van der Waals surface area (Å²) in [5.41, 5.74) is -2.08. The van der Waals surface area contributed by atoms with E-state index < -0.39 is 70.1 Å². The molecule has 4 heterocycles. The summed E-state index contributed by atoms with van der Waals surface area (Å²) < 4.78 is 90.2. The second-order valence-electron chi connectivity index (χ2n) is 14.6. The number of fused-ring (bicyclic) bond motifs is 4. The molecule has 0 fully saturated rings. The van der Waals surface area contributed by atoms with E-state index >= 15 is 0 Å². The molecule has 21 heteroatoms. The molecule has 348 valence electrons. The van der Waals surface area contributed by atoms with Crippen LogP contribution < -0.4 is 25.1 Å². The fourth-order valence-electron chi connectivity index (χ4n) is 6.46. The van der Waals surface area contributed by atoms with Gasteiger partial charge in [0.25, 0.3) is 0 Å². The number of rotatable bonds is 8. The Labute approximate surface area is 379 Å². The van der Waals surface area contributed by atoms with Crippen molar-refractivity contribution in [2.45, 2.75) is 47.6 Å². The van der Waals surface area contributed by atoms with Gasteiger partial charge in [-0.2, -0.15) is 8.78 Å². The third-order valence-electron chi connectivity index (χ3n) is 8.98. The summed E-state index contributed by atoms with van der Waals surface area (Å²) >= 11 is 2.99. The van der Waals surface area contributed by atoms with E-state index in [1.54, 1.807) is 13.8 Å². The Balaban J connectivity index is 0.000000208. The van der Waals surface area contributed by atoms with Gasteiger partial charge in [-0.1, -0.05) is 23.4 Å². The van der Waals surface area contributed by atoms with Crippen LogP contribution in [0.5, 0.6) is 34.5 Å². The Morgan fingerprint density at radius 2 is 1.18 bits per heavy atom. The molecule has 0 aliphatic carbocycles. The van der Waals surface area contributed by atoms with Crippen molar-refractivity contribution in [1.29, 1.82) is 0 Å². The van der Waals surface area contributed by atoms with Gasteiger partial charge >= 0.3 is 23.9 Å². The van der Waals surface area contributed by atoms with Gasteiger partial charge in [-0.25, -0.2) is 23.2 Å². The van der Waals surface area contributed by atoms with E-state index in [4.69, 9.17) is 33.5 Å². The Bertz CT molecular complexity index is 3070. The molecule has 0 amide bonds. The number of pyridine rings is 2. The third-order valence-corrected chi connectivity index (χ3v) is 9.44. The number of phenolic OH excluding ortho intramolecular Hbond substituents is 1. The van der Waals surface area contributed by atoms with E-state index in [9.17, 15) is 51.4 Å². The van der Waals surface area contributed by atoms with E-state index in [0.717, 1.165) is 6.07 Å². The van der Waals surface area contributed by atoms with Crippen LogP contribution in [-0.2, 0) is 23.8 Å². The molecule has 2 aromatic heterocycles. The van der Waals surface area contributed by atoms with E-state index in [-0.39, 0.29) is 93.5 Å². The summed E-state index contributed by atoms with van der Waals surface area (Å²) in [5, 5.41) is 18.2. The van der Waals surface area contributed by atoms with Crippen molar-refractivity contribution in [3.63, 3.8) is 0 Å². The van der Waals surface area contributed by atoms with Crippen LogP contribution in [0.25, 0.3) is 33.2 Å². The molecule has 2 N–H and O–H groups in total. The topological polar surface area (TPSA) is 208 Å². The van der Waals surface area contributed by atoms with Crippen molar-refractivity contribution >= 4 is 61.6 Å². The number of nitrogens with zero attached hydrogens (tertiary/aromatic N) is 2. The molecule has 4 aromatic carbocycles. The first-order valence-corrected chi connectivity index (χ1v) is 20.3. The summed E-state index contributed by atoms with van der Waals surface area (Å²) in [5.74, 6) is -9.44. The predicted molar refractivity (Wildman–Crippen MR) is 232 cm³/mol. The van der Waals surface area contributed by atoms with Crippen molar-refractivity contribution in [2.24, 2.45) is 0 Å². The van der Waals surface area contributed by atoms with Crippen molar-refractivity contribution in [3.8, 4) is 45.9 Å². The second kappa shape index (κ2) is 19.8. The van der Waals surface area contributed by atoms with Crippen LogP contribution in [0.1, 0.15) is 62.8 Å². The molecule has 0 radical (unpaired) electrons. The van der Waals surface area contributed by atoms with Crippen LogP contribution in [0.15, 0.2) is 70.5 Å². The quantitative estimate of drug-likeness (QED) is 0.0633. The van der Waals surface area contributed by atoms with Crippen molar-refractivity contribution in [3.05, 3.63) is 116 Å². The number of ether oxygens (including phenoxy) is 6. The lowest BCUT2D eigenvalue weighted by molar-refractivity contribution is -0.151. The first-order chi connectivity index (χ1) is 30.7. The number of hydrogen-bond donors (Lipinski definition) is 2. The molecule has 66 heavy (non-hydrogen) atoms. The Hall–Kier alpha value is -7.42. The number of halogens is 5. The molecule has 8 rings (SSSR count). The van der Waals surface area contributed by atoms with E-state index in [1.165, 1.54) is 57.9 Å². The molecule has 2 aliphatic heterocycles. The molecule has 0 unspecified atom stereocenters. The molecule has 16 nitrogen and oxygen atoms in total. The number of hydrogen-bond acceptors (Lipinski definition) is 13. The third kappa shape index (κ3) is 9.94. The summed E-state index contributed by atoms with van der Waals surface area (Å²) in [7, 11) is 0. The number of carbonyl (C=O) groups excluding carboxylic acids is 3. The van der Waals surface area contributed by atoms with Crippen LogP contribution in [0.4, 0.5) is 17.6 Å². The minimum Gasteiger partial charge on any atom is -0.508 e. The first kappa shape index (κ1) is 49.6. The van der Waals surface area contributed by atoms with Crippen LogP contribution in [-0.4, -0.2) is 74.0 Å². The molecule has 6 aromatic rings. The molecular formula is C45H39BrF4N2O14. The number of aromatic hydroxyl groups is 1. The van der Waals surface area contributed by atoms with Gasteiger partial charge in [-0.3, -0.25) is 14.4 Å². The summed E-state index contributed by atoms with van der Waals surface area (Å²) in [6.45, 7) is 8.12. The molecule has 2 aliphatic rings. The standard InChI is InChI=1S/C20H13F2NO7.C18H11F2NO5.C6H11BrO2.CH4/c1-2-28-20(27)11-7-23-13-4-3-9(29-8-15(24)25)5-14(13)30-19-16(22)12(21)6-10(17(19)23)18(11)26;1-2-25-18(24)10-7-21-12-4-3-8(22)5-13(12)26-17-14(20)11(19)6-9(15(17)21)16(10)23;1-6(2,3)9-5(8)4-7;/h3-7H,2,8H2,1H3,(H,24,25);3-7,22H,2H2,1H3;4H2,1-3H3;1H4. The number of aliphatic carboxylic acids is 1. The average Bonchev–Trinajstić information content (AvgIpc) is 3.24. The van der Waals surface area contributed by atoms with Gasteiger partial charge in [0.15, 0.2) is 41.2 Å². The summed E-state index contributed by atoms with van der Waals surface area (Å²) in [4.78, 5) is 71.0. The predicted octanol–water partition coefficient (Wildman–Crippen LogP) is 8.63. The maximum absolute atomic E-state index is 14.5. The maximum Gasteiger partial charge on any atom is 0.343 e. The summed E-state index contributed by atoms with van der Waals surface area (Å²) in [6, 6.07) is 9.67. The minimum absolute atomic E-state index is 0. The largest absolute Gasteiger partial charge is 0.508 e. The molecule has 0 atom stereocenters. The monoisotopic (exact) mass is 986 g/mol. The molecule has 0 spiro atoms. The smallest absolute Gasteiger partial charge is 0.343 e. The van der Waals surface area contributed by atoms with Gasteiger partial charge in [-0.05, 0) is 71.0 Å². The Morgan fingerprint density at radius 3 is 1.59 bits per heavy atom. The number of carbonyl (C=O) groups is 4. The zero-order chi connectivity index (χ0) is 47.7. The van der Waals surface area contributed by atoms with Gasteiger partial charge < -0.3 is 47.8 Å². The molecule has 0 saturated heterocycles. The summed E-state index contributed by atoms with van der Waals surface area (Å²) in [6.07, 6.45) is 2.37. The van der Waals surface area contributed by atoms with Crippen molar-refractivity contribution in [2.75, 3.05) is 25.2 Å². The van der Waals surface area contributed by atoms with Gasteiger partial charge in [0, 0.05) is 24.5 Å². The first-order valence-electron chi connectivity index (χ1n) is 19.1. The van der Waals surface area contributed by atoms with Gasteiger partial charge in [0.2, 0.25) is 22.5 Å². The lowest BCUT2D eigenvalue weighted by Crippen LogP contribution is -2.24. The lowest BCUT2D eigenvalue weighted by atomic mass is 10.1. The van der Waals surface area contributed by atoms with Crippen LogP contribution in [0.3, 0.4) is 0 Å². The number of phenols is 1. The fraction of sp³-hybridized carbons (Fsp3) is 0.244. The average molecular weight is 988 g/mol. The zero-order valence-electron chi connectivity index (χ0n) is 34.7. The van der Waals surface area contributed by atoms with Gasteiger partial charge in [0.05, 0.1) is 35.4 Å². The zero-order valence-corrected chi connectivity index (χ0v) is 36.3. The number of carboxylic acids is 1. The molecular weight excluding hydrogens is 948 g/mol. The van der Waals surface area contributed by atoms with E-state index in [0.29, 0.717) is 17.4 Å². The van der Waals surface area contributed by atoms with Crippen LogP contribution in [0.2, 0.25) is 0 Å². The number of alkyl halides is 1. The number of esters is 3. The SMILES string of the molecule is C.CC(C)(C)OC(=O)CBr.CCOC(=O)c1cn2c3c(c(F)c(F)cc3c1=O)Oc1cc(O)ccc1-2.CCOC(=O)c1cn2c3c(c(F)c(F)cc3c1=O)Oc1cc(OCC(=O)O)ccc1-2. The van der Waals surface area contributed by atoms with Crippen molar-refractivity contribution < 1.29 is 75.4 Å². The highest BCUT2D eigenvalue weighted by atomic mass is 79.9. The molecule has 0 saturated carbocycles. The van der Waals surface area contributed by atoms with Crippen molar-refractivity contribution in [1.82, 2.24) is 9.13 Å². The lowest BCUT2D eigenvalue weighted by Gasteiger charge is -2.24. The number of benzene rings is 4. The highest BCUT2D eigenvalue weighted by Gasteiger charge is 2.31. The van der Waals surface area contributed by atoms with Crippen LogP contribution in [0, 0.1) is 23.3 Å². The van der Waals surface area contributed by atoms with E-state index in [2.05, 4.69) is 15.9 Å². The number of carboxylic acid groups (broad SMARTS) is 1. The molecule has 0 bridgehead atoms. The van der Waals surface area contributed by atoms with Gasteiger partial charge in [-0.15, -0.1) is 0 Å². The van der Waals surface area contributed by atoms with E-state index in [1.807, 2.05) is 20.8 Å². The Kier molecular flexibility index (Phi) is 14.8. The highest BCUT2D eigenvalue weighted by molar-refractivity contribution is 9.09. The van der Waals surface area contributed by atoms with Gasteiger partial charge in [0.1, 0.15) is 44.6 Å². The normalized spacial score (nSPS) is 11.4. The highest BCUT2D eigenvalue weighted by Crippen LogP contribution is 2.45.